The standard InChI is InChI=1S/C58H35N3O2/c1-3-15-36(16-4-1)38-29-31-39(32-30-38)55-59-56(41-20-13-19-40(33-41)37-17-5-2-6-18-37)61-57(60-55)43-22-14-28-52-54(43)45-34-44-42-21-7-8-23-46(42)58(49(44)35-53(45)63-52)47-24-9-11-26-50(47)62-51-27-12-10-25-48(51)58/h1-35H. The molecule has 1 aliphatic heterocycles. The fourth-order valence-electron chi connectivity index (χ4n) is 10.0. The summed E-state index contributed by atoms with van der Waals surface area (Å²) in [5.41, 5.74) is 15.1. The number of fused-ring (bicyclic) bond motifs is 12. The van der Waals surface area contributed by atoms with Crippen LogP contribution in [0, 0.1) is 0 Å². The van der Waals surface area contributed by atoms with E-state index in [4.69, 9.17) is 24.1 Å². The maximum absolute atomic E-state index is 6.90. The molecular formula is C58H35N3O2. The summed E-state index contributed by atoms with van der Waals surface area (Å²) >= 11 is 0. The fourth-order valence-corrected chi connectivity index (χ4v) is 10.0. The van der Waals surface area contributed by atoms with Crippen LogP contribution < -0.4 is 4.74 Å². The molecule has 5 nitrogen and oxygen atoms in total. The van der Waals surface area contributed by atoms with Crippen LogP contribution >= 0.6 is 0 Å². The predicted octanol–water partition coefficient (Wildman–Crippen LogP) is 14.6. The Labute approximate surface area is 363 Å². The van der Waals surface area contributed by atoms with Gasteiger partial charge in [0.2, 0.25) is 0 Å². The molecule has 1 aliphatic carbocycles. The summed E-state index contributed by atoms with van der Waals surface area (Å²) in [6, 6.07) is 74.1. The first-order valence-electron chi connectivity index (χ1n) is 21.3. The third-order valence-corrected chi connectivity index (χ3v) is 12.8. The van der Waals surface area contributed by atoms with Crippen molar-refractivity contribution in [3.05, 3.63) is 235 Å². The summed E-state index contributed by atoms with van der Waals surface area (Å²) in [6.07, 6.45) is 0. The lowest BCUT2D eigenvalue weighted by molar-refractivity contribution is 0.436. The predicted molar refractivity (Wildman–Crippen MR) is 252 cm³/mol. The molecule has 0 unspecified atom stereocenters. The topological polar surface area (TPSA) is 61.0 Å². The van der Waals surface area contributed by atoms with Crippen molar-refractivity contribution in [1.29, 1.82) is 0 Å². The number of benzene rings is 9. The number of nitrogens with zero attached hydrogens (tertiary/aromatic N) is 3. The molecule has 11 aromatic rings. The second kappa shape index (κ2) is 13.8. The molecule has 0 amide bonds. The highest BCUT2D eigenvalue weighted by molar-refractivity contribution is 6.14. The second-order valence-electron chi connectivity index (χ2n) is 16.3. The summed E-state index contributed by atoms with van der Waals surface area (Å²) in [7, 11) is 0. The molecule has 0 fully saturated rings. The molecule has 63 heavy (non-hydrogen) atoms. The van der Waals surface area contributed by atoms with Crippen LogP contribution in [0.25, 0.3) is 89.5 Å². The van der Waals surface area contributed by atoms with Crippen LogP contribution in [0.5, 0.6) is 11.5 Å². The van der Waals surface area contributed by atoms with Gasteiger partial charge in [-0.25, -0.2) is 15.0 Å². The maximum Gasteiger partial charge on any atom is 0.164 e. The Morgan fingerprint density at radius 3 is 1.57 bits per heavy atom. The lowest BCUT2D eigenvalue weighted by Gasteiger charge is -2.39. The van der Waals surface area contributed by atoms with Gasteiger partial charge in [-0.15, -0.1) is 0 Å². The van der Waals surface area contributed by atoms with Crippen molar-refractivity contribution in [3.63, 3.8) is 0 Å². The highest BCUT2D eigenvalue weighted by Gasteiger charge is 2.51. The molecule has 0 radical (unpaired) electrons. The van der Waals surface area contributed by atoms with Crippen molar-refractivity contribution in [2.24, 2.45) is 0 Å². The summed E-state index contributed by atoms with van der Waals surface area (Å²) in [4.78, 5) is 15.7. The van der Waals surface area contributed by atoms with Gasteiger partial charge in [0, 0.05) is 38.6 Å². The average molecular weight is 806 g/mol. The van der Waals surface area contributed by atoms with Crippen LogP contribution in [0.2, 0.25) is 0 Å². The van der Waals surface area contributed by atoms with Gasteiger partial charge in [0.1, 0.15) is 22.7 Å². The third-order valence-electron chi connectivity index (χ3n) is 12.8. The highest BCUT2D eigenvalue weighted by Crippen LogP contribution is 2.62. The molecule has 0 saturated carbocycles. The van der Waals surface area contributed by atoms with E-state index in [0.717, 1.165) is 89.1 Å². The Morgan fingerprint density at radius 2 is 0.841 bits per heavy atom. The lowest BCUT2D eigenvalue weighted by atomic mass is 9.66. The molecule has 0 atom stereocenters. The van der Waals surface area contributed by atoms with Gasteiger partial charge >= 0.3 is 0 Å². The Bertz CT molecular complexity index is 3550. The van der Waals surface area contributed by atoms with E-state index in [9.17, 15) is 0 Å². The molecular weight excluding hydrogens is 771 g/mol. The molecule has 0 saturated heterocycles. The molecule has 13 rings (SSSR count). The van der Waals surface area contributed by atoms with Gasteiger partial charge in [0.05, 0.1) is 5.41 Å². The molecule has 2 aliphatic rings. The van der Waals surface area contributed by atoms with E-state index in [1.54, 1.807) is 0 Å². The van der Waals surface area contributed by atoms with Crippen molar-refractivity contribution in [1.82, 2.24) is 15.0 Å². The van der Waals surface area contributed by atoms with Crippen LogP contribution in [-0.4, -0.2) is 15.0 Å². The van der Waals surface area contributed by atoms with E-state index >= 15 is 0 Å². The molecule has 294 valence electrons. The average Bonchev–Trinajstić information content (AvgIpc) is 3.87. The van der Waals surface area contributed by atoms with E-state index in [2.05, 4.69) is 176 Å². The van der Waals surface area contributed by atoms with E-state index < -0.39 is 5.41 Å². The number of aromatic nitrogens is 3. The van der Waals surface area contributed by atoms with E-state index in [-0.39, 0.29) is 0 Å². The van der Waals surface area contributed by atoms with Crippen molar-refractivity contribution < 1.29 is 9.15 Å². The van der Waals surface area contributed by atoms with Crippen LogP contribution in [0.4, 0.5) is 0 Å². The third kappa shape index (κ3) is 5.40. The van der Waals surface area contributed by atoms with Gasteiger partial charge < -0.3 is 9.15 Å². The number of ether oxygens (including phenoxy) is 1. The van der Waals surface area contributed by atoms with Crippen molar-refractivity contribution >= 4 is 21.9 Å². The van der Waals surface area contributed by atoms with Gasteiger partial charge in [-0.1, -0.05) is 176 Å². The minimum absolute atomic E-state index is 0.574. The first-order valence-corrected chi connectivity index (χ1v) is 21.3. The molecule has 5 heteroatoms. The van der Waals surface area contributed by atoms with E-state index in [1.165, 1.54) is 16.7 Å². The Hall–Kier alpha value is -8.41. The molecule has 3 heterocycles. The zero-order valence-electron chi connectivity index (χ0n) is 33.9. The number of hydrogen-bond donors (Lipinski definition) is 0. The van der Waals surface area contributed by atoms with Gasteiger partial charge in [-0.3, -0.25) is 0 Å². The van der Waals surface area contributed by atoms with Crippen molar-refractivity contribution in [3.8, 4) is 79.0 Å². The first-order chi connectivity index (χ1) is 31.2. The fraction of sp³-hybridized carbons (Fsp3) is 0.0172. The molecule has 9 aromatic carbocycles. The zero-order valence-corrected chi connectivity index (χ0v) is 33.9. The Kier molecular flexibility index (Phi) is 7.75. The quantitative estimate of drug-likeness (QED) is 0.173. The van der Waals surface area contributed by atoms with E-state index in [0.29, 0.717) is 17.5 Å². The van der Waals surface area contributed by atoms with Crippen LogP contribution in [0.3, 0.4) is 0 Å². The monoisotopic (exact) mass is 805 g/mol. The Morgan fingerprint density at radius 1 is 0.317 bits per heavy atom. The number of para-hydroxylation sites is 2. The van der Waals surface area contributed by atoms with Gasteiger partial charge in [0.25, 0.3) is 0 Å². The summed E-state index contributed by atoms with van der Waals surface area (Å²) in [5.74, 6) is 3.48. The summed E-state index contributed by atoms with van der Waals surface area (Å²) in [5, 5.41) is 1.96. The minimum Gasteiger partial charge on any atom is -0.457 e. The molecule has 0 N–H and O–H groups in total. The summed E-state index contributed by atoms with van der Waals surface area (Å²) in [6.45, 7) is 0. The van der Waals surface area contributed by atoms with E-state index in [1.807, 2.05) is 36.4 Å². The lowest BCUT2D eigenvalue weighted by Crippen LogP contribution is -2.32. The van der Waals surface area contributed by atoms with Gasteiger partial charge in [0.15, 0.2) is 17.5 Å². The van der Waals surface area contributed by atoms with Crippen LogP contribution in [-0.2, 0) is 5.41 Å². The zero-order chi connectivity index (χ0) is 41.5. The molecule has 2 aromatic heterocycles. The smallest absolute Gasteiger partial charge is 0.164 e. The van der Waals surface area contributed by atoms with Crippen LogP contribution in [0.1, 0.15) is 22.3 Å². The largest absolute Gasteiger partial charge is 0.457 e. The van der Waals surface area contributed by atoms with Crippen molar-refractivity contribution in [2.45, 2.75) is 5.41 Å². The normalized spacial score (nSPS) is 13.0. The van der Waals surface area contributed by atoms with Gasteiger partial charge in [-0.2, -0.15) is 0 Å². The number of furan rings is 1. The summed E-state index contributed by atoms with van der Waals surface area (Å²) < 4.78 is 13.5. The first kappa shape index (κ1) is 35.4. The minimum atomic E-state index is -0.601. The van der Waals surface area contributed by atoms with Crippen LogP contribution in [0.15, 0.2) is 217 Å². The van der Waals surface area contributed by atoms with Gasteiger partial charge in [-0.05, 0) is 80.9 Å². The Balaban J connectivity index is 1.03. The van der Waals surface area contributed by atoms with Crippen molar-refractivity contribution in [2.75, 3.05) is 0 Å². The molecule has 0 bridgehead atoms. The maximum atomic E-state index is 6.90. The number of rotatable bonds is 5. The number of hydrogen-bond acceptors (Lipinski definition) is 5. The SMILES string of the molecule is c1ccc(-c2ccc(-c3nc(-c4cccc(-c5ccccc5)c4)nc(-c4cccc5oc6cc7c(cc6c45)-c4ccccc4C74c5ccccc5Oc5ccccc54)n3)cc2)cc1. The molecule has 1 spiro atoms. The highest BCUT2D eigenvalue weighted by atomic mass is 16.5. The second-order valence-corrected chi connectivity index (χ2v) is 16.3.